The van der Waals surface area contributed by atoms with Crippen LogP contribution in [0.25, 0.3) is 71.0 Å². The van der Waals surface area contributed by atoms with Crippen molar-refractivity contribution in [2.24, 2.45) is 0 Å². The molecule has 2 aromatic heterocycles. The van der Waals surface area contributed by atoms with Gasteiger partial charge in [0, 0.05) is 32.7 Å². The van der Waals surface area contributed by atoms with Crippen LogP contribution < -0.4 is 0 Å². The molecule has 0 aliphatic rings. The van der Waals surface area contributed by atoms with Crippen LogP contribution in [0.2, 0.25) is 0 Å². The molecule has 0 radical (unpaired) electrons. The van der Waals surface area contributed by atoms with Crippen LogP contribution in [0.5, 0.6) is 0 Å². The predicted molar refractivity (Wildman–Crippen MR) is 214 cm³/mol. The van der Waals surface area contributed by atoms with Gasteiger partial charge in [-0.3, -0.25) is 0 Å². The number of halogens is 3. The lowest BCUT2D eigenvalue weighted by molar-refractivity contribution is -0.137. The Balaban J connectivity index is 1.62. The molecule has 0 amide bonds. The van der Waals surface area contributed by atoms with Crippen LogP contribution in [-0.4, -0.2) is 9.13 Å². The van der Waals surface area contributed by atoms with Gasteiger partial charge in [0.15, 0.2) is 5.69 Å². The van der Waals surface area contributed by atoms with E-state index >= 15 is 0 Å². The fourth-order valence-corrected chi connectivity index (χ4v) is 7.71. The summed E-state index contributed by atoms with van der Waals surface area (Å²) in [6.45, 7) is 21.1. The van der Waals surface area contributed by atoms with Gasteiger partial charge in [-0.25, -0.2) is 4.85 Å². The number of para-hydroxylation sites is 2. The van der Waals surface area contributed by atoms with Crippen LogP contribution in [0.3, 0.4) is 0 Å². The number of benzene rings is 6. The molecule has 0 saturated carbocycles. The zero-order chi connectivity index (χ0) is 38.3. The SMILES string of the molecule is [C-]#[N+]c1cc(C(F)(F)F)ccc1-c1c(-n2c3ccccc3c3ccc(C(C)(C)C)cc32)cc(C#N)cc1-n1c2ccccc2c2ccc(C(C)(C)C)cc21. The van der Waals surface area contributed by atoms with E-state index in [0.29, 0.717) is 28.1 Å². The largest absolute Gasteiger partial charge is 0.415 e. The minimum Gasteiger partial charge on any atom is -0.309 e. The molecule has 0 saturated heterocycles. The normalized spacial score (nSPS) is 12.5. The summed E-state index contributed by atoms with van der Waals surface area (Å²) in [5, 5.41) is 14.7. The smallest absolute Gasteiger partial charge is 0.309 e. The minimum absolute atomic E-state index is 0.135. The Hall–Kier alpha value is -6.31. The Bertz CT molecular complexity index is 2760. The number of nitriles is 1. The molecule has 54 heavy (non-hydrogen) atoms. The molecular weight excluding hydrogens is 678 g/mol. The van der Waals surface area contributed by atoms with E-state index in [-0.39, 0.29) is 16.5 Å². The average molecular weight is 715 g/mol. The second kappa shape index (κ2) is 12.1. The van der Waals surface area contributed by atoms with Gasteiger partial charge in [0.25, 0.3) is 0 Å². The number of fused-ring (bicyclic) bond motifs is 6. The Morgan fingerprint density at radius 1 is 0.556 bits per heavy atom. The third-order valence-corrected chi connectivity index (χ3v) is 10.5. The van der Waals surface area contributed by atoms with Crippen molar-refractivity contribution < 1.29 is 13.2 Å². The molecule has 8 rings (SSSR count). The molecule has 0 aliphatic heterocycles. The summed E-state index contributed by atoms with van der Waals surface area (Å²) < 4.78 is 46.7. The van der Waals surface area contributed by atoms with Gasteiger partial charge in [0.05, 0.1) is 51.6 Å². The lowest BCUT2D eigenvalue weighted by Gasteiger charge is -2.23. The molecule has 0 N–H and O–H groups in total. The first-order chi connectivity index (χ1) is 25.6. The van der Waals surface area contributed by atoms with Crippen molar-refractivity contribution in [1.29, 1.82) is 5.26 Å². The van der Waals surface area contributed by atoms with Gasteiger partial charge in [0.1, 0.15) is 0 Å². The van der Waals surface area contributed by atoms with Gasteiger partial charge in [-0.05, 0) is 70.0 Å². The van der Waals surface area contributed by atoms with Crippen LogP contribution in [0.1, 0.15) is 63.8 Å². The number of rotatable bonds is 3. The average Bonchev–Trinajstić information content (AvgIpc) is 3.65. The minimum atomic E-state index is -4.64. The number of hydrogen-bond donors (Lipinski definition) is 0. The molecule has 266 valence electrons. The third-order valence-electron chi connectivity index (χ3n) is 10.5. The lowest BCUT2D eigenvalue weighted by atomic mass is 9.86. The summed E-state index contributed by atoms with van der Waals surface area (Å²) in [4.78, 5) is 3.72. The maximum atomic E-state index is 14.2. The van der Waals surface area contributed by atoms with E-state index in [2.05, 4.69) is 110 Å². The summed E-state index contributed by atoms with van der Waals surface area (Å²) in [7, 11) is 0. The summed E-state index contributed by atoms with van der Waals surface area (Å²) in [5.41, 5.74) is 6.75. The Morgan fingerprint density at radius 2 is 1.00 bits per heavy atom. The number of hydrogen-bond acceptors (Lipinski definition) is 1. The van der Waals surface area contributed by atoms with E-state index in [9.17, 15) is 18.4 Å². The second-order valence-electron chi connectivity index (χ2n) is 16.0. The van der Waals surface area contributed by atoms with Gasteiger partial charge in [-0.2, -0.15) is 18.4 Å². The first-order valence-electron chi connectivity index (χ1n) is 17.9. The molecule has 0 spiro atoms. The maximum Gasteiger partial charge on any atom is 0.415 e. The fraction of sp³-hybridized carbons (Fsp3) is 0.191. The number of aromatic nitrogens is 2. The van der Waals surface area contributed by atoms with Crippen molar-refractivity contribution in [3.05, 3.63) is 149 Å². The molecule has 7 heteroatoms. The molecule has 0 unspecified atom stereocenters. The van der Waals surface area contributed by atoms with Crippen molar-refractivity contribution in [3.8, 4) is 28.6 Å². The zero-order valence-corrected chi connectivity index (χ0v) is 30.9. The fourth-order valence-electron chi connectivity index (χ4n) is 7.71. The highest BCUT2D eigenvalue weighted by molar-refractivity contribution is 6.12. The Morgan fingerprint density at radius 3 is 1.43 bits per heavy atom. The van der Waals surface area contributed by atoms with Crippen LogP contribution in [0, 0.1) is 17.9 Å². The molecule has 0 atom stereocenters. The van der Waals surface area contributed by atoms with Crippen molar-refractivity contribution in [2.75, 3.05) is 0 Å². The highest BCUT2D eigenvalue weighted by Gasteiger charge is 2.32. The zero-order valence-electron chi connectivity index (χ0n) is 30.9. The maximum absolute atomic E-state index is 14.2. The number of nitrogens with zero attached hydrogens (tertiary/aromatic N) is 4. The van der Waals surface area contributed by atoms with Gasteiger partial charge in [-0.15, -0.1) is 0 Å². The summed E-state index contributed by atoms with van der Waals surface area (Å²) in [6, 6.07) is 38.3. The third kappa shape index (κ3) is 5.51. The monoisotopic (exact) mass is 714 g/mol. The summed E-state index contributed by atoms with van der Waals surface area (Å²) >= 11 is 0. The van der Waals surface area contributed by atoms with E-state index in [1.54, 1.807) is 12.1 Å². The molecule has 8 aromatic rings. The topological polar surface area (TPSA) is 38.0 Å². The van der Waals surface area contributed by atoms with E-state index < -0.39 is 11.7 Å². The Kier molecular flexibility index (Phi) is 7.80. The molecule has 4 nitrogen and oxygen atoms in total. The molecule has 0 fully saturated rings. The van der Waals surface area contributed by atoms with Crippen LogP contribution in [0.15, 0.2) is 115 Å². The first kappa shape index (κ1) is 34.8. The summed E-state index contributed by atoms with van der Waals surface area (Å²) in [6.07, 6.45) is -4.64. The highest BCUT2D eigenvalue weighted by Crippen LogP contribution is 2.47. The molecule has 0 aliphatic carbocycles. The van der Waals surface area contributed by atoms with E-state index in [1.807, 2.05) is 36.4 Å². The van der Waals surface area contributed by atoms with Gasteiger partial charge in [0.2, 0.25) is 0 Å². The lowest BCUT2D eigenvalue weighted by Crippen LogP contribution is -2.11. The first-order valence-corrected chi connectivity index (χ1v) is 17.9. The van der Waals surface area contributed by atoms with Crippen molar-refractivity contribution in [1.82, 2.24) is 9.13 Å². The quantitative estimate of drug-likeness (QED) is 0.168. The van der Waals surface area contributed by atoms with Crippen LogP contribution in [-0.2, 0) is 17.0 Å². The second-order valence-corrected chi connectivity index (χ2v) is 16.0. The van der Waals surface area contributed by atoms with Crippen LogP contribution >= 0.6 is 0 Å². The van der Waals surface area contributed by atoms with Crippen molar-refractivity contribution in [2.45, 2.75) is 58.5 Å². The standard InChI is InChI=1S/C47H37F3N4/c1-45(2,3)29-16-19-34-32-12-8-10-14-38(32)53(40(34)25-29)42-22-28(27-51)23-43(44(42)36-21-18-31(47(48,49)50)24-37(36)52-7)54-39-15-11-9-13-33(39)35-20-17-30(26-41(35)54)46(4,5)6/h8-26H,1-6H3. The van der Waals surface area contributed by atoms with Gasteiger partial charge in [-0.1, -0.05) is 114 Å². The molecule has 2 heterocycles. The molecule has 0 bridgehead atoms. The summed E-state index contributed by atoms with van der Waals surface area (Å²) in [5.74, 6) is 0. The Labute approximate surface area is 312 Å². The van der Waals surface area contributed by atoms with E-state index in [0.717, 1.165) is 66.9 Å². The highest BCUT2D eigenvalue weighted by atomic mass is 19.4. The van der Waals surface area contributed by atoms with E-state index in [1.165, 1.54) is 6.07 Å². The van der Waals surface area contributed by atoms with Crippen molar-refractivity contribution in [3.63, 3.8) is 0 Å². The van der Waals surface area contributed by atoms with E-state index in [4.69, 9.17) is 6.57 Å². The van der Waals surface area contributed by atoms with Crippen LogP contribution in [0.4, 0.5) is 18.9 Å². The number of alkyl halides is 3. The molecular formula is C47H37F3N4. The predicted octanol–water partition coefficient (Wildman–Crippen LogP) is 13.6. The van der Waals surface area contributed by atoms with Crippen molar-refractivity contribution >= 4 is 49.3 Å². The molecule has 6 aromatic carbocycles. The van der Waals surface area contributed by atoms with Gasteiger partial charge >= 0.3 is 6.18 Å². The van der Waals surface area contributed by atoms with Gasteiger partial charge < -0.3 is 9.13 Å².